The summed E-state index contributed by atoms with van der Waals surface area (Å²) in [6.07, 6.45) is 9.36. The van der Waals surface area contributed by atoms with E-state index in [0.717, 1.165) is 29.8 Å². The molecular weight excluding hydrogens is 595 g/mol. The molecule has 0 unspecified atom stereocenters. The summed E-state index contributed by atoms with van der Waals surface area (Å²) >= 11 is 0. The highest BCUT2D eigenvalue weighted by Gasteiger charge is 2.28. The van der Waals surface area contributed by atoms with Crippen molar-refractivity contribution in [1.82, 2.24) is 39.7 Å². The lowest BCUT2D eigenvalue weighted by atomic mass is 10.1. The van der Waals surface area contributed by atoms with Crippen LogP contribution in [0.5, 0.6) is 0 Å². The van der Waals surface area contributed by atoms with E-state index in [1.807, 2.05) is 15.5 Å². The van der Waals surface area contributed by atoms with Gasteiger partial charge in [0.25, 0.3) is 5.91 Å². The van der Waals surface area contributed by atoms with E-state index < -0.39 is 5.82 Å². The molecule has 0 bridgehead atoms. The molecular formula is C31H39FN10O4. The summed E-state index contributed by atoms with van der Waals surface area (Å²) in [5.74, 6) is -0.113. The van der Waals surface area contributed by atoms with Crippen LogP contribution in [-0.4, -0.2) is 118 Å². The van der Waals surface area contributed by atoms with E-state index in [1.54, 1.807) is 35.6 Å². The van der Waals surface area contributed by atoms with Crippen molar-refractivity contribution in [3.8, 4) is 11.3 Å². The molecule has 4 aromatic rings. The van der Waals surface area contributed by atoms with Crippen LogP contribution in [0.4, 0.5) is 15.9 Å². The Hall–Kier alpha value is -4.44. The first-order valence-corrected chi connectivity index (χ1v) is 15.6. The van der Waals surface area contributed by atoms with Gasteiger partial charge in [-0.15, -0.1) is 0 Å². The van der Waals surface area contributed by atoms with Gasteiger partial charge in [-0.2, -0.15) is 5.10 Å². The van der Waals surface area contributed by atoms with Crippen LogP contribution >= 0.6 is 0 Å². The van der Waals surface area contributed by atoms with Crippen LogP contribution in [0.1, 0.15) is 34.8 Å². The number of rotatable bonds is 15. The van der Waals surface area contributed by atoms with E-state index in [9.17, 15) is 9.59 Å². The Morgan fingerprint density at radius 3 is 2.59 bits per heavy atom. The molecule has 2 amide bonds. The normalized spacial score (nSPS) is 15.4. The lowest BCUT2D eigenvalue weighted by Gasteiger charge is -2.34. The maximum atomic E-state index is 15.4. The first-order chi connectivity index (χ1) is 22.5. The lowest BCUT2D eigenvalue weighted by molar-refractivity contribution is -0.122. The fourth-order valence-electron chi connectivity index (χ4n) is 5.37. The Labute approximate surface area is 265 Å². The van der Waals surface area contributed by atoms with Gasteiger partial charge in [-0.05, 0) is 31.0 Å². The summed E-state index contributed by atoms with van der Waals surface area (Å²) in [4.78, 5) is 38.6. The molecule has 15 heteroatoms. The zero-order valence-electron chi connectivity index (χ0n) is 25.6. The van der Waals surface area contributed by atoms with Crippen molar-refractivity contribution in [3.05, 3.63) is 60.1 Å². The number of H-pyrrole nitrogens is 1. The molecule has 0 radical (unpaired) electrons. The molecule has 0 atom stereocenters. The molecule has 14 nitrogen and oxygen atoms in total. The third-order valence-corrected chi connectivity index (χ3v) is 8.00. The number of nitrogens with one attached hydrogen (secondary N) is 3. The molecule has 5 N–H and O–H groups in total. The van der Waals surface area contributed by atoms with Crippen molar-refractivity contribution in [2.75, 3.05) is 77.6 Å². The van der Waals surface area contributed by atoms with Gasteiger partial charge in [0, 0.05) is 68.7 Å². The van der Waals surface area contributed by atoms with Crippen molar-refractivity contribution in [2.45, 2.75) is 18.8 Å². The zero-order valence-corrected chi connectivity index (χ0v) is 25.6. The van der Waals surface area contributed by atoms with E-state index in [4.69, 9.17) is 20.2 Å². The van der Waals surface area contributed by atoms with Crippen LogP contribution in [0.3, 0.4) is 0 Å². The summed E-state index contributed by atoms with van der Waals surface area (Å²) in [5, 5.41) is 12.8. The predicted octanol–water partition coefficient (Wildman–Crippen LogP) is 1.75. The van der Waals surface area contributed by atoms with Gasteiger partial charge in [-0.25, -0.2) is 14.4 Å². The van der Waals surface area contributed by atoms with Crippen LogP contribution < -0.4 is 16.4 Å². The number of piperazine rings is 1. The highest BCUT2D eigenvalue weighted by atomic mass is 19.1. The second-order valence-electron chi connectivity index (χ2n) is 11.4. The summed E-state index contributed by atoms with van der Waals surface area (Å²) in [7, 11) is 0. The van der Waals surface area contributed by atoms with Gasteiger partial charge in [0.05, 0.1) is 62.4 Å². The van der Waals surface area contributed by atoms with Crippen LogP contribution in [0.15, 0.2) is 43.0 Å². The molecule has 244 valence electrons. The number of hydrogen-bond acceptors (Lipinski definition) is 10. The summed E-state index contributed by atoms with van der Waals surface area (Å²) < 4.78 is 28.0. The van der Waals surface area contributed by atoms with E-state index >= 15 is 4.39 Å². The van der Waals surface area contributed by atoms with Crippen molar-refractivity contribution in [1.29, 1.82) is 0 Å². The molecule has 4 heterocycles. The zero-order chi connectivity index (χ0) is 31.9. The third-order valence-electron chi connectivity index (χ3n) is 8.00. The minimum Gasteiger partial charge on any atom is -0.378 e. The number of carbonyl (C=O) groups is 2. The van der Waals surface area contributed by atoms with Gasteiger partial charge in [0.1, 0.15) is 5.82 Å². The standard InChI is InChI=1S/C31H39FN10O4/c32-24-15-22(31(44)41-9-7-40(8-10-41)20-28(43)34-6-12-46-14-13-45-11-5-33)3-4-25(24)38-29-30-35-18-27(23-16-36-37-17-23)42(30)19-26(39-29)21-1-2-21/h3-4,15-19,21H,1-2,5-14,20,33H2,(H,34,43)(H,36,37)(H,38,39). The van der Waals surface area contributed by atoms with E-state index in [0.29, 0.717) is 83.1 Å². The first kappa shape index (κ1) is 31.5. The van der Waals surface area contributed by atoms with Crippen LogP contribution in [0, 0.1) is 5.82 Å². The quantitative estimate of drug-likeness (QED) is 0.141. The number of aromatic amines is 1. The first-order valence-electron chi connectivity index (χ1n) is 15.6. The predicted molar refractivity (Wildman–Crippen MR) is 168 cm³/mol. The number of fused-ring (bicyclic) bond motifs is 1. The maximum absolute atomic E-state index is 15.4. The summed E-state index contributed by atoms with van der Waals surface area (Å²) in [6, 6.07) is 4.42. The number of nitrogens with two attached hydrogens (primary N) is 1. The van der Waals surface area contributed by atoms with Crippen molar-refractivity contribution >= 4 is 29.0 Å². The van der Waals surface area contributed by atoms with Gasteiger partial charge in [-0.3, -0.25) is 24.0 Å². The number of hydrogen-bond donors (Lipinski definition) is 4. The topological polar surface area (TPSA) is 168 Å². The highest BCUT2D eigenvalue weighted by Crippen LogP contribution is 2.40. The van der Waals surface area contributed by atoms with Gasteiger partial charge in [-0.1, -0.05) is 0 Å². The lowest BCUT2D eigenvalue weighted by Crippen LogP contribution is -2.51. The number of halogens is 1. The Morgan fingerprint density at radius 2 is 1.87 bits per heavy atom. The molecule has 6 rings (SSSR count). The maximum Gasteiger partial charge on any atom is 0.254 e. The number of benzene rings is 1. The largest absolute Gasteiger partial charge is 0.378 e. The molecule has 0 spiro atoms. The molecule has 3 aromatic heterocycles. The average Bonchev–Trinajstić information content (AvgIpc) is 3.60. The number of aromatic nitrogens is 5. The minimum atomic E-state index is -0.563. The second kappa shape index (κ2) is 14.8. The molecule has 1 saturated heterocycles. The number of ether oxygens (including phenoxy) is 2. The second-order valence-corrected chi connectivity index (χ2v) is 11.4. The summed E-state index contributed by atoms with van der Waals surface area (Å²) in [5.41, 5.74) is 9.03. The molecule has 1 aliphatic heterocycles. The fraction of sp³-hybridized carbons (Fsp3) is 0.452. The van der Waals surface area contributed by atoms with Crippen LogP contribution in [-0.2, 0) is 14.3 Å². The monoisotopic (exact) mass is 634 g/mol. The average molecular weight is 635 g/mol. The smallest absolute Gasteiger partial charge is 0.254 e. The van der Waals surface area contributed by atoms with Gasteiger partial charge < -0.3 is 30.7 Å². The Balaban J connectivity index is 1.01. The Bertz CT molecular complexity index is 1630. The van der Waals surface area contributed by atoms with Gasteiger partial charge in [0.2, 0.25) is 5.91 Å². The number of nitrogens with zero attached hydrogens (tertiary/aromatic N) is 6. The van der Waals surface area contributed by atoms with Gasteiger partial charge in [0.15, 0.2) is 11.5 Å². The Morgan fingerprint density at radius 1 is 1.07 bits per heavy atom. The summed E-state index contributed by atoms with van der Waals surface area (Å²) in [6.45, 7) is 4.90. The molecule has 46 heavy (non-hydrogen) atoms. The minimum absolute atomic E-state index is 0.101. The van der Waals surface area contributed by atoms with E-state index in [-0.39, 0.29) is 29.6 Å². The van der Waals surface area contributed by atoms with Crippen LogP contribution in [0.2, 0.25) is 0 Å². The molecule has 1 aromatic carbocycles. The van der Waals surface area contributed by atoms with Crippen LogP contribution in [0.25, 0.3) is 16.9 Å². The Kier molecular flexibility index (Phi) is 10.1. The third kappa shape index (κ3) is 7.67. The number of amides is 2. The molecule has 1 saturated carbocycles. The highest BCUT2D eigenvalue weighted by molar-refractivity contribution is 5.95. The fourth-order valence-corrected chi connectivity index (χ4v) is 5.37. The van der Waals surface area contributed by atoms with Crippen molar-refractivity contribution in [3.63, 3.8) is 0 Å². The van der Waals surface area contributed by atoms with Crippen molar-refractivity contribution < 1.29 is 23.5 Å². The SMILES string of the molecule is NCCOCCOCCNC(=O)CN1CCN(C(=O)c2ccc(Nc3nc(C4CC4)cn4c(-c5cn[nH]c5)cnc34)c(F)c2)CC1. The number of anilines is 2. The van der Waals surface area contributed by atoms with E-state index in [1.165, 1.54) is 6.07 Å². The molecule has 2 fully saturated rings. The molecule has 1 aliphatic carbocycles. The number of imidazole rings is 1. The number of carbonyl (C=O) groups excluding carboxylic acids is 2. The van der Waals surface area contributed by atoms with Gasteiger partial charge >= 0.3 is 0 Å². The van der Waals surface area contributed by atoms with Crippen molar-refractivity contribution in [2.24, 2.45) is 5.73 Å². The van der Waals surface area contributed by atoms with E-state index in [2.05, 4.69) is 25.8 Å². The molecule has 2 aliphatic rings.